The maximum Gasteiger partial charge on any atom is 0.211 e. The van der Waals surface area contributed by atoms with Crippen molar-refractivity contribution in [2.75, 3.05) is 43.9 Å². The molecule has 172 valence electrons. The lowest BCUT2D eigenvalue weighted by molar-refractivity contribution is 0.0899. The second kappa shape index (κ2) is 8.13. The van der Waals surface area contributed by atoms with Crippen molar-refractivity contribution in [1.82, 2.24) is 18.8 Å². The fourth-order valence-corrected chi connectivity index (χ4v) is 6.57. The van der Waals surface area contributed by atoms with Gasteiger partial charge in [-0.15, -0.1) is 0 Å². The Morgan fingerprint density at radius 2 is 2.03 bits per heavy atom. The highest BCUT2D eigenvalue weighted by Gasteiger charge is 2.49. The molecule has 4 heterocycles. The fourth-order valence-electron chi connectivity index (χ4n) is 4.83. The monoisotopic (exact) mass is 465 g/mol. The van der Waals surface area contributed by atoms with Crippen LogP contribution in [-0.2, 0) is 21.5 Å². The van der Waals surface area contributed by atoms with Crippen LogP contribution >= 0.6 is 0 Å². The van der Waals surface area contributed by atoms with Gasteiger partial charge in [-0.05, 0) is 24.4 Å². The summed E-state index contributed by atoms with van der Waals surface area (Å²) in [6.07, 6.45) is 5.93. The Balaban J connectivity index is 1.50. The molecule has 2 saturated heterocycles. The summed E-state index contributed by atoms with van der Waals surface area (Å²) in [4.78, 5) is 11.4. The Bertz CT molecular complexity index is 1050. The first-order chi connectivity index (χ1) is 14.5. The van der Waals surface area contributed by atoms with Crippen molar-refractivity contribution in [2.45, 2.75) is 45.8 Å². The minimum absolute atomic E-state index is 0.0683. The third-order valence-electron chi connectivity index (χ3n) is 6.78. The first kappa shape index (κ1) is 22.7. The summed E-state index contributed by atoms with van der Waals surface area (Å²) in [7, 11) is -4.27. The first-order valence-corrected chi connectivity index (χ1v) is 16.6. The average Bonchev–Trinajstić information content (AvgIpc) is 3.24. The number of hydrogen-bond acceptors (Lipinski definition) is 6. The summed E-state index contributed by atoms with van der Waals surface area (Å²) >= 11 is 0. The molecular formula is C21H35N5O3SSi. The number of nitrogens with zero attached hydrogens (tertiary/aromatic N) is 5. The van der Waals surface area contributed by atoms with Crippen molar-refractivity contribution < 1.29 is 13.2 Å². The lowest BCUT2D eigenvalue weighted by Crippen LogP contribution is -2.47. The van der Waals surface area contributed by atoms with Gasteiger partial charge in [0.25, 0.3) is 0 Å². The molecule has 2 aliphatic heterocycles. The Morgan fingerprint density at radius 3 is 2.74 bits per heavy atom. The van der Waals surface area contributed by atoms with E-state index >= 15 is 0 Å². The van der Waals surface area contributed by atoms with Crippen LogP contribution in [-0.4, -0.2) is 74.4 Å². The number of sulfonamides is 1. The van der Waals surface area contributed by atoms with Gasteiger partial charge < -0.3 is 14.2 Å². The van der Waals surface area contributed by atoms with Crippen molar-refractivity contribution >= 4 is 34.9 Å². The Hall–Kier alpha value is -1.49. The van der Waals surface area contributed by atoms with E-state index in [1.807, 2.05) is 10.8 Å². The normalized spacial score (nSPS) is 25.3. The van der Waals surface area contributed by atoms with Gasteiger partial charge in [-0.2, -0.15) is 0 Å². The van der Waals surface area contributed by atoms with Crippen LogP contribution in [0.2, 0.25) is 25.7 Å². The van der Waals surface area contributed by atoms with Gasteiger partial charge in [0.05, 0.1) is 11.6 Å². The number of fused-ring (bicyclic) bond motifs is 2. The lowest BCUT2D eigenvalue weighted by Gasteiger charge is -2.42. The fraction of sp³-hybridized carbons (Fsp3) is 0.714. The van der Waals surface area contributed by atoms with Crippen LogP contribution in [0.15, 0.2) is 18.6 Å². The van der Waals surface area contributed by atoms with Crippen molar-refractivity contribution in [3.63, 3.8) is 0 Å². The molecule has 2 fully saturated rings. The summed E-state index contributed by atoms with van der Waals surface area (Å²) in [5.74, 6) is 1.32. The molecule has 0 amide bonds. The van der Waals surface area contributed by atoms with E-state index in [2.05, 4.69) is 47.5 Å². The number of rotatable bonds is 7. The summed E-state index contributed by atoms with van der Waals surface area (Å²) in [6.45, 7) is 13.4. The van der Waals surface area contributed by atoms with E-state index in [1.165, 1.54) is 6.26 Å². The number of anilines is 1. The minimum atomic E-state index is -3.16. The van der Waals surface area contributed by atoms with E-state index in [1.54, 1.807) is 10.6 Å². The van der Waals surface area contributed by atoms with Crippen LogP contribution in [0, 0.1) is 11.3 Å². The first-order valence-electron chi connectivity index (χ1n) is 11.0. The summed E-state index contributed by atoms with van der Waals surface area (Å²) in [5.41, 5.74) is 0.815. The maximum atomic E-state index is 12.1. The van der Waals surface area contributed by atoms with Gasteiger partial charge >= 0.3 is 0 Å². The predicted octanol–water partition coefficient (Wildman–Crippen LogP) is 2.85. The summed E-state index contributed by atoms with van der Waals surface area (Å²) < 4.78 is 33.8. The molecule has 2 aromatic rings. The molecule has 0 radical (unpaired) electrons. The van der Waals surface area contributed by atoms with E-state index in [0.717, 1.165) is 49.0 Å². The molecule has 0 aromatic carbocycles. The van der Waals surface area contributed by atoms with E-state index in [4.69, 9.17) is 4.74 Å². The second-order valence-electron chi connectivity index (χ2n) is 10.7. The van der Waals surface area contributed by atoms with Gasteiger partial charge in [-0.3, -0.25) is 0 Å². The molecule has 0 saturated carbocycles. The van der Waals surface area contributed by atoms with Crippen LogP contribution in [0.3, 0.4) is 0 Å². The third-order valence-corrected chi connectivity index (χ3v) is 9.70. The zero-order valence-electron chi connectivity index (χ0n) is 19.3. The van der Waals surface area contributed by atoms with Crippen molar-refractivity contribution in [3.05, 3.63) is 18.6 Å². The average molecular weight is 466 g/mol. The largest absolute Gasteiger partial charge is 0.361 e. The van der Waals surface area contributed by atoms with Crippen molar-refractivity contribution in [2.24, 2.45) is 11.3 Å². The van der Waals surface area contributed by atoms with Crippen molar-refractivity contribution in [3.8, 4) is 0 Å². The highest BCUT2D eigenvalue weighted by atomic mass is 32.2. The van der Waals surface area contributed by atoms with Gasteiger partial charge in [0.15, 0.2) is 0 Å². The van der Waals surface area contributed by atoms with Crippen LogP contribution < -0.4 is 4.90 Å². The number of aromatic nitrogens is 3. The molecule has 10 heteroatoms. The molecule has 0 bridgehead atoms. The van der Waals surface area contributed by atoms with Crippen LogP contribution in [0.4, 0.5) is 5.82 Å². The zero-order chi connectivity index (χ0) is 22.4. The lowest BCUT2D eigenvalue weighted by atomic mass is 9.75. The highest BCUT2D eigenvalue weighted by molar-refractivity contribution is 7.88. The third kappa shape index (κ3) is 4.81. The minimum Gasteiger partial charge on any atom is -0.361 e. The van der Waals surface area contributed by atoms with Gasteiger partial charge in [-0.1, -0.05) is 26.6 Å². The van der Waals surface area contributed by atoms with Crippen LogP contribution in [0.5, 0.6) is 0 Å². The van der Waals surface area contributed by atoms with Crippen molar-refractivity contribution in [1.29, 1.82) is 0 Å². The Labute approximate surface area is 186 Å². The number of hydrogen-bond donors (Lipinski definition) is 0. The van der Waals surface area contributed by atoms with Gasteiger partial charge in [0, 0.05) is 52.5 Å². The van der Waals surface area contributed by atoms with Gasteiger partial charge in [-0.25, -0.2) is 22.7 Å². The standard InChI is InChI=1S/C21H35N5O3SSi/c1-21-13-24(8-6-17(21)12-26(14-21)30(2,27)28)19-18-7-9-25(20(18)23-15-22-19)16-29-10-11-31(3,4)5/h7,9,15,17H,6,8,10-14,16H2,1-5H3/t17-,21+/m1/s1. The van der Waals surface area contributed by atoms with Crippen LogP contribution in [0.25, 0.3) is 11.0 Å². The Kier molecular flexibility index (Phi) is 5.95. The molecule has 31 heavy (non-hydrogen) atoms. The number of piperidine rings is 1. The topological polar surface area (TPSA) is 80.6 Å². The summed E-state index contributed by atoms with van der Waals surface area (Å²) in [5, 5.41) is 1.02. The van der Waals surface area contributed by atoms with Gasteiger partial charge in [0.1, 0.15) is 24.5 Å². The highest BCUT2D eigenvalue weighted by Crippen LogP contribution is 2.44. The predicted molar refractivity (Wildman–Crippen MR) is 126 cm³/mol. The van der Waals surface area contributed by atoms with E-state index < -0.39 is 18.1 Å². The SMILES string of the molecule is C[C@@]12CN(c3ncnc4c3ccn4COCC[Si](C)(C)C)CC[C@@H]1CN(S(C)(=O)=O)C2. The molecule has 2 aliphatic rings. The second-order valence-corrected chi connectivity index (χ2v) is 18.3. The molecule has 0 unspecified atom stereocenters. The van der Waals surface area contributed by atoms with E-state index in [-0.39, 0.29) is 5.41 Å². The quantitative estimate of drug-likeness (QED) is 0.462. The summed E-state index contributed by atoms with van der Waals surface area (Å²) in [6, 6.07) is 3.21. The molecule has 2 aromatic heterocycles. The maximum absolute atomic E-state index is 12.1. The molecule has 0 spiro atoms. The van der Waals surface area contributed by atoms with E-state index in [9.17, 15) is 8.42 Å². The van der Waals surface area contributed by atoms with Gasteiger partial charge in [0.2, 0.25) is 10.0 Å². The molecule has 4 rings (SSSR count). The Morgan fingerprint density at radius 1 is 1.26 bits per heavy atom. The molecule has 2 atom stereocenters. The molecule has 0 N–H and O–H groups in total. The molecule has 0 aliphatic carbocycles. The van der Waals surface area contributed by atoms with E-state index in [0.29, 0.717) is 25.7 Å². The zero-order valence-corrected chi connectivity index (χ0v) is 21.2. The molecular weight excluding hydrogens is 430 g/mol. The number of ether oxygens (including phenoxy) is 1. The van der Waals surface area contributed by atoms with Crippen LogP contribution in [0.1, 0.15) is 13.3 Å². The molecule has 8 nitrogen and oxygen atoms in total. The smallest absolute Gasteiger partial charge is 0.211 e.